The normalized spacial score (nSPS) is 10.1. The lowest BCUT2D eigenvalue weighted by molar-refractivity contribution is 0.0722. The molecule has 0 bridgehead atoms. The maximum absolute atomic E-state index is 12.3. The molecule has 0 saturated carbocycles. The van der Waals surface area contributed by atoms with E-state index in [4.69, 9.17) is 5.73 Å². The fraction of sp³-hybridized carbons (Fsp3) is 0.500. The second-order valence-corrected chi connectivity index (χ2v) is 5.37. The maximum atomic E-state index is 12.3. The molecule has 0 aromatic carbocycles. The molecule has 1 aromatic heterocycles. The predicted molar refractivity (Wildman–Crippen MR) is 76.8 cm³/mol. The summed E-state index contributed by atoms with van der Waals surface area (Å²) in [7, 11) is 0. The monoisotopic (exact) mass is 264 g/mol. The van der Waals surface area contributed by atoms with Crippen LogP contribution in [0.1, 0.15) is 40.9 Å². The molecular formula is C14H20N2OS. The summed E-state index contributed by atoms with van der Waals surface area (Å²) in [5.41, 5.74) is 6.40. The molecule has 2 N–H and O–H groups in total. The number of hydrogen-bond acceptors (Lipinski definition) is 3. The number of thiophene rings is 1. The molecule has 1 aromatic rings. The first-order valence-corrected chi connectivity index (χ1v) is 6.93. The summed E-state index contributed by atoms with van der Waals surface area (Å²) in [6.45, 7) is 9.08. The van der Waals surface area contributed by atoms with Crippen molar-refractivity contribution in [1.82, 2.24) is 4.90 Å². The molecule has 4 heteroatoms. The van der Waals surface area contributed by atoms with Gasteiger partial charge in [-0.1, -0.05) is 11.8 Å². The minimum Gasteiger partial charge on any atom is -0.336 e. The van der Waals surface area contributed by atoms with Crippen LogP contribution in [-0.2, 0) is 0 Å². The summed E-state index contributed by atoms with van der Waals surface area (Å²) in [5.74, 6) is 5.92. The largest absolute Gasteiger partial charge is 0.336 e. The standard InChI is InChI=1S/C14H20N2OS/c1-5-16(10(2)3)14(17)13-9-11(4)12(18-13)7-6-8-15/h9-10H,5,8,15H2,1-4H3. The number of amides is 1. The van der Waals surface area contributed by atoms with E-state index in [-0.39, 0.29) is 11.9 Å². The molecule has 0 aliphatic heterocycles. The molecule has 1 heterocycles. The molecule has 0 saturated heterocycles. The number of carbonyl (C=O) groups excluding carboxylic acids is 1. The summed E-state index contributed by atoms with van der Waals surface area (Å²) >= 11 is 1.45. The minimum atomic E-state index is 0.0846. The highest BCUT2D eigenvalue weighted by Gasteiger charge is 2.19. The average molecular weight is 264 g/mol. The van der Waals surface area contributed by atoms with Gasteiger partial charge in [-0.15, -0.1) is 11.3 Å². The van der Waals surface area contributed by atoms with Crippen LogP contribution in [0.25, 0.3) is 0 Å². The molecule has 0 aliphatic carbocycles. The summed E-state index contributed by atoms with van der Waals surface area (Å²) < 4.78 is 0. The Kier molecular flexibility index (Phi) is 5.39. The van der Waals surface area contributed by atoms with Gasteiger partial charge < -0.3 is 10.6 Å². The molecule has 3 nitrogen and oxygen atoms in total. The lowest BCUT2D eigenvalue weighted by atomic mass is 10.2. The van der Waals surface area contributed by atoms with Gasteiger partial charge in [0.25, 0.3) is 5.91 Å². The fourth-order valence-corrected chi connectivity index (χ4v) is 2.73. The summed E-state index contributed by atoms with van der Waals surface area (Å²) in [5, 5.41) is 0. The molecule has 0 aliphatic rings. The van der Waals surface area contributed by atoms with Crippen LogP contribution in [0.3, 0.4) is 0 Å². The highest BCUT2D eigenvalue weighted by Crippen LogP contribution is 2.23. The van der Waals surface area contributed by atoms with E-state index in [9.17, 15) is 4.79 Å². The number of nitrogens with zero attached hydrogens (tertiary/aromatic N) is 1. The molecule has 0 atom stereocenters. The lowest BCUT2D eigenvalue weighted by Crippen LogP contribution is -2.36. The van der Waals surface area contributed by atoms with Crippen molar-refractivity contribution in [1.29, 1.82) is 0 Å². The first-order chi connectivity index (χ1) is 8.51. The van der Waals surface area contributed by atoms with Gasteiger partial charge in [0.2, 0.25) is 0 Å². The van der Waals surface area contributed by atoms with Crippen LogP contribution in [-0.4, -0.2) is 29.9 Å². The van der Waals surface area contributed by atoms with Crippen molar-refractivity contribution in [3.8, 4) is 11.8 Å². The second-order valence-electron chi connectivity index (χ2n) is 4.31. The smallest absolute Gasteiger partial charge is 0.264 e. The molecule has 0 spiro atoms. The highest BCUT2D eigenvalue weighted by molar-refractivity contribution is 7.14. The zero-order chi connectivity index (χ0) is 13.7. The van der Waals surface area contributed by atoms with E-state index in [0.29, 0.717) is 6.54 Å². The third-order valence-corrected chi connectivity index (χ3v) is 3.80. The van der Waals surface area contributed by atoms with Gasteiger partial charge in [-0.25, -0.2) is 0 Å². The first-order valence-electron chi connectivity index (χ1n) is 6.11. The van der Waals surface area contributed by atoms with Gasteiger partial charge in [0.1, 0.15) is 0 Å². The number of nitrogens with two attached hydrogens (primary N) is 1. The van der Waals surface area contributed by atoms with E-state index in [1.54, 1.807) is 0 Å². The Bertz CT molecular complexity index is 480. The predicted octanol–water partition coefficient (Wildman–Crippen LogP) is 2.24. The van der Waals surface area contributed by atoms with Crippen molar-refractivity contribution in [2.24, 2.45) is 5.73 Å². The van der Waals surface area contributed by atoms with E-state index in [0.717, 1.165) is 21.9 Å². The highest BCUT2D eigenvalue weighted by atomic mass is 32.1. The van der Waals surface area contributed by atoms with Crippen molar-refractivity contribution < 1.29 is 4.79 Å². The molecule has 18 heavy (non-hydrogen) atoms. The van der Waals surface area contributed by atoms with Gasteiger partial charge in [-0.2, -0.15) is 0 Å². The topological polar surface area (TPSA) is 46.3 Å². The third kappa shape index (κ3) is 3.34. The van der Waals surface area contributed by atoms with Gasteiger partial charge in [0, 0.05) is 12.6 Å². The zero-order valence-electron chi connectivity index (χ0n) is 11.4. The molecule has 0 unspecified atom stereocenters. The number of carbonyl (C=O) groups is 1. The van der Waals surface area contributed by atoms with Crippen molar-refractivity contribution in [3.63, 3.8) is 0 Å². The molecular weight excluding hydrogens is 244 g/mol. The molecule has 0 fully saturated rings. The van der Waals surface area contributed by atoms with E-state index in [1.807, 2.05) is 38.7 Å². The van der Waals surface area contributed by atoms with E-state index < -0.39 is 0 Å². The van der Waals surface area contributed by atoms with Crippen molar-refractivity contribution >= 4 is 17.2 Å². The SMILES string of the molecule is CCN(C(=O)c1cc(C)c(C#CCN)s1)C(C)C. The van der Waals surface area contributed by atoms with Crippen molar-refractivity contribution in [2.75, 3.05) is 13.1 Å². The Balaban J connectivity index is 3.00. The number of aryl methyl sites for hydroxylation is 1. The quantitative estimate of drug-likeness (QED) is 0.851. The fourth-order valence-electron chi connectivity index (χ4n) is 1.73. The zero-order valence-corrected chi connectivity index (χ0v) is 12.2. The average Bonchev–Trinajstić information content (AvgIpc) is 2.68. The molecule has 1 rings (SSSR count). The van der Waals surface area contributed by atoms with Crippen LogP contribution in [0.15, 0.2) is 6.07 Å². The van der Waals surface area contributed by atoms with Crippen LogP contribution in [0.5, 0.6) is 0 Å². The van der Waals surface area contributed by atoms with Gasteiger partial charge in [-0.3, -0.25) is 4.79 Å². The summed E-state index contributed by atoms with van der Waals surface area (Å²) in [6.07, 6.45) is 0. The lowest BCUT2D eigenvalue weighted by Gasteiger charge is -2.24. The number of hydrogen-bond donors (Lipinski definition) is 1. The van der Waals surface area contributed by atoms with E-state index >= 15 is 0 Å². The van der Waals surface area contributed by atoms with Gasteiger partial charge >= 0.3 is 0 Å². The first kappa shape index (κ1) is 14.7. The molecule has 0 radical (unpaired) electrons. The molecule has 98 valence electrons. The summed E-state index contributed by atoms with van der Waals surface area (Å²) in [6, 6.07) is 2.13. The Morgan fingerprint density at radius 1 is 1.56 bits per heavy atom. The van der Waals surface area contributed by atoms with Crippen LogP contribution in [0.2, 0.25) is 0 Å². The Labute approximate surface area is 113 Å². The minimum absolute atomic E-state index is 0.0846. The van der Waals surface area contributed by atoms with Gasteiger partial charge in [0.05, 0.1) is 16.3 Å². The van der Waals surface area contributed by atoms with Crippen molar-refractivity contribution in [2.45, 2.75) is 33.7 Å². The Morgan fingerprint density at radius 3 is 2.72 bits per heavy atom. The number of rotatable bonds is 3. The van der Waals surface area contributed by atoms with Gasteiger partial charge in [-0.05, 0) is 39.3 Å². The van der Waals surface area contributed by atoms with Crippen LogP contribution >= 0.6 is 11.3 Å². The third-order valence-electron chi connectivity index (χ3n) is 2.66. The van der Waals surface area contributed by atoms with Crippen LogP contribution < -0.4 is 5.73 Å². The van der Waals surface area contributed by atoms with Gasteiger partial charge in [0.15, 0.2) is 0 Å². The maximum Gasteiger partial charge on any atom is 0.264 e. The Morgan fingerprint density at radius 2 is 2.22 bits per heavy atom. The van der Waals surface area contributed by atoms with Crippen molar-refractivity contribution in [3.05, 3.63) is 21.4 Å². The molecule has 1 amide bonds. The Hall–Kier alpha value is -1.31. The van der Waals surface area contributed by atoms with E-state index in [2.05, 4.69) is 11.8 Å². The van der Waals surface area contributed by atoms with Crippen LogP contribution in [0.4, 0.5) is 0 Å². The second kappa shape index (κ2) is 6.58. The van der Waals surface area contributed by atoms with E-state index in [1.165, 1.54) is 11.3 Å². The summed E-state index contributed by atoms with van der Waals surface area (Å²) in [4.78, 5) is 15.9. The van der Waals surface area contributed by atoms with Crippen LogP contribution in [0, 0.1) is 18.8 Å².